The molecule has 2 N–H and O–H groups in total. The van der Waals surface area contributed by atoms with Gasteiger partial charge >= 0.3 is 0 Å². The lowest BCUT2D eigenvalue weighted by Crippen LogP contribution is -2.53. The maximum absolute atomic E-state index is 12.7. The zero-order chi connectivity index (χ0) is 13.5. The van der Waals surface area contributed by atoms with Crippen LogP contribution < -0.4 is 5.73 Å². The molecule has 0 bridgehead atoms. The first-order valence-corrected chi connectivity index (χ1v) is 8.91. The molecule has 1 heterocycles. The minimum atomic E-state index is -3.16. The molecular weight excluding hydrogens is 266 g/mol. The third-order valence-corrected chi connectivity index (χ3v) is 7.61. The highest BCUT2D eigenvalue weighted by molar-refractivity contribution is 7.92. The van der Waals surface area contributed by atoms with Gasteiger partial charge in [0.05, 0.1) is 23.7 Å². The summed E-state index contributed by atoms with van der Waals surface area (Å²) in [6.45, 7) is 1.12. The highest BCUT2D eigenvalue weighted by Crippen LogP contribution is 2.40. The summed E-state index contributed by atoms with van der Waals surface area (Å²) >= 11 is 0. The monoisotopic (exact) mass is 289 g/mol. The quantitative estimate of drug-likeness (QED) is 0.819. The fourth-order valence-electron chi connectivity index (χ4n) is 3.72. The molecule has 0 aromatic carbocycles. The molecule has 1 spiro atoms. The van der Waals surface area contributed by atoms with Crippen LogP contribution in [0.15, 0.2) is 0 Å². The van der Waals surface area contributed by atoms with Crippen LogP contribution in [0.25, 0.3) is 0 Å². The fraction of sp³-hybridized carbons (Fsp3) is 1.00. The zero-order valence-corrected chi connectivity index (χ0v) is 12.0. The van der Waals surface area contributed by atoms with Crippen LogP contribution in [-0.2, 0) is 19.3 Å². The highest BCUT2D eigenvalue weighted by Gasteiger charge is 2.50. The number of hydrogen-bond donors (Lipinski definition) is 1. The first-order chi connectivity index (χ1) is 9.04. The molecule has 1 saturated heterocycles. The molecule has 19 heavy (non-hydrogen) atoms. The van der Waals surface area contributed by atoms with Crippen LogP contribution in [0, 0.1) is 0 Å². The van der Waals surface area contributed by atoms with Crippen molar-refractivity contribution in [2.75, 3.05) is 13.2 Å². The summed E-state index contributed by atoms with van der Waals surface area (Å²) in [6.07, 6.45) is 5.41. The molecule has 0 aromatic heterocycles. The van der Waals surface area contributed by atoms with E-state index in [2.05, 4.69) is 0 Å². The zero-order valence-electron chi connectivity index (χ0n) is 11.2. The van der Waals surface area contributed by atoms with Crippen molar-refractivity contribution in [3.8, 4) is 0 Å². The molecule has 2 atom stereocenters. The lowest BCUT2D eigenvalue weighted by molar-refractivity contribution is -0.177. The van der Waals surface area contributed by atoms with Gasteiger partial charge in [0, 0.05) is 18.9 Å². The standard InChI is InChI=1S/C13H23NO4S/c14-11-5-6-13(17-7-8-18-13)9-12(11)19(15,16)10-3-1-2-4-10/h10-12H,1-9,14H2. The molecule has 1 aliphatic heterocycles. The van der Waals surface area contributed by atoms with Gasteiger partial charge in [0.2, 0.25) is 0 Å². The van der Waals surface area contributed by atoms with E-state index in [1.807, 2.05) is 0 Å². The number of nitrogens with two attached hydrogens (primary N) is 1. The van der Waals surface area contributed by atoms with Crippen molar-refractivity contribution in [2.45, 2.75) is 67.3 Å². The van der Waals surface area contributed by atoms with Crippen LogP contribution in [0.3, 0.4) is 0 Å². The van der Waals surface area contributed by atoms with Gasteiger partial charge in [-0.05, 0) is 19.3 Å². The molecule has 2 aliphatic carbocycles. The van der Waals surface area contributed by atoms with E-state index in [9.17, 15) is 8.42 Å². The van der Waals surface area contributed by atoms with E-state index in [-0.39, 0.29) is 11.3 Å². The Hall–Kier alpha value is -0.170. The lowest BCUT2D eigenvalue weighted by atomic mass is 9.90. The average Bonchev–Trinajstić information content (AvgIpc) is 3.05. The molecule has 0 aromatic rings. The van der Waals surface area contributed by atoms with E-state index in [0.29, 0.717) is 32.5 Å². The van der Waals surface area contributed by atoms with Crippen LogP contribution in [0.1, 0.15) is 44.9 Å². The van der Waals surface area contributed by atoms with E-state index >= 15 is 0 Å². The summed E-state index contributed by atoms with van der Waals surface area (Å²) in [6, 6.07) is -0.274. The van der Waals surface area contributed by atoms with Crippen molar-refractivity contribution in [3.63, 3.8) is 0 Å². The van der Waals surface area contributed by atoms with Gasteiger partial charge in [-0.15, -0.1) is 0 Å². The van der Waals surface area contributed by atoms with Crippen LogP contribution in [0.2, 0.25) is 0 Å². The summed E-state index contributed by atoms with van der Waals surface area (Å²) in [4.78, 5) is 0. The topological polar surface area (TPSA) is 78.6 Å². The van der Waals surface area contributed by atoms with Crippen LogP contribution >= 0.6 is 0 Å². The SMILES string of the molecule is NC1CCC2(CC1S(=O)(=O)C1CCCC1)OCCO2. The maximum Gasteiger partial charge on any atom is 0.169 e. The molecule has 110 valence electrons. The van der Waals surface area contributed by atoms with Crippen LogP contribution in [0.5, 0.6) is 0 Å². The van der Waals surface area contributed by atoms with Gasteiger partial charge in [-0.2, -0.15) is 0 Å². The van der Waals surface area contributed by atoms with Gasteiger partial charge in [-0.1, -0.05) is 12.8 Å². The first-order valence-electron chi connectivity index (χ1n) is 7.30. The number of ether oxygens (including phenoxy) is 2. The molecule has 5 nitrogen and oxygen atoms in total. The second kappa shape index (κ2) is 4.98. The van der Waals surface area contributed by atoms with Crippen molar-refractivity contribution >= 4 is 9.84 Å². The third kappa shape index (κ3) is 2.44. The van der Waals surface area contributed by atoms with Gasteiger partial charge in [0.25, 0.3) is 0 Å². The van der Waals surface area contributed by atoms with Crippen molar-refractivity contribution in [1.82, 2.24) is 0 Å². The molecular formula is C13H23NO4S. The van der Waals surface area contributed by atoms with Crippen molar-refractivity contribution < 1.29 is 17.9 Å². The Morgan fingerprint density at radius 2 is 1.68 bits per heavy atom. The number of sulfone groups is 1. The maximum atomic E-state index is 12.7. The number of hydrogen-bond acceptors (Lipinski definition) is 5. The Labute approximate surface area is 114 Å². The Bertz CT molecular complexity index is 424. The summed E-state index contributed by atoms with van der Waals surface area (Å²) in [7, 11) is -3.16. The average molecular weight is 289 g/mol. The summed E-state index contributed by atoms with van der Waals surface area (Å²) in [5.74, 6) is -0.674. The lowest BCUT2D eigenvalue weighted by Gasteiger charge is -2.40. The second-order valence-electron chi connectivity index (χ2n) is 6.05. The van der Waals surface area contributed by atoms with Gasteiger partial charge < -0.3 is 15.2 Å². The van der Waals surface area contributed by atoms with Crippen molar-refractivity contribution in [1.29, 1.82) is 0 Å². The third-order valence-electron chi connectivity index (χ3n) is 4.85. The van der Waals surface area contributed by atoms with E-state index in [0.717, 1.165) is 25.7 Å². The van der Waals surface area contributed by atoms with Gasteiger partial charge in [0.15, 0.2) is 15.6 Å². The Morgan fingerprint density at radius 1 is 1.05 bits per heavy atom. The Balaban J connectivity index is 1.81. The first kappa shape index (κ1) is 13.8. The van der Waals surface area contributed by atoms with E-state index in [1.54, 1.807) is 0 Å². The molecule has 3 fully saturated rings. The van der Waals surface area contributed by atoms with Crippen LogP contribution in [-0.4, -0.2) is 44.0 Å². The minimum absolute atomic E-state index is 0.194. The van der Waals surface area contributed by atoms with Crippen molar-refractivity contribution in [2.24, 2.45) is 5.73 Å². The smallest absolute Gasteiger partial charge is 0.169 e. The number of rotatable bonds is 2. The van der Waals surface area contributed by atoms with E-state index in [1.165, 1.54) is 0 Å². The predicted molar refractivity (Wildman–Crippen MR) is 71.4 cm³/mol. The van der Waals surface area contributed by atoms with Gasteiger partial charge in [-0.25, -0.2) is 8.42 Å². The molecule has 0 amide bonds. The second-order valence-corrected chi connectivity index (χ2v) is 8.50. The van der Waals surface area contributed by atoms with Gasteiger partial charge in [-0.3, -0.25) is 0 Å². The molecule has 0 radical (unpaired) electrons. The largest absolute Gasteiger partial charge is 0.347 e. The minimum Gasteiger partial charge on any atom is -0.347 e. The summed E-state index contributed by atoms with van der Waals surface area (Å²) in [5, 5.41) is -0.692. The van der Waals surface area contributed by atoms with Gasteiger partial charge in [0.1, 0.15) is 0 Å². The van der Waals surface area contributed by atoms with E-state index in [4.69, 9.17) is 15.2 Å². The molecule has 6 heteroatoms. The molecule has 3 rings (SSSR count). The Morgan fingerprint density at radius 3 is 2.32 bits per heavy atom. The normalized spacial score (nSPS) is 36.1. The van der Waals surface area contributed by atoms with E-state index < -0.39 is 20.9 Å². The fourth-order valence-corrected chi connectivity index (χ4v) is 6.31. The molecule has 2 unspecified atom stereocenters. The molecule has 2 saturated carbocycles. The van der Waals surface area contributed by atoms with Crippen LogP contribution in [0.4, 0.5) is 0 Å². The van der Waals surface area contributed by atoms with Crippen molar-refractivity contribution in [3.05, 3.63) is 0 Å². The summed E-state index contributed by atoms with van der Waals surface area (Å²) in [5.41, 5.74) is 6.09. The predicted octanol–water partition coefficient (Wildman–Crippen LogP) is 0.967. The highest BCUT2D eigenvalue weighted by atomic mass is 32.2. The molecule has 3 aliphatic rings. The Kier molecular flexibility index (Phi) is 3.62. The summed E-state index contributed by atoms with van der Waals surface area (Å²) < 4.78 is 36.8.